The fraction of sp³-hybridized carbons (Fsp3) is 1.00. The summed E-state index contributed by atoms with van der Waals surface area (Å²) in [6, 6.07) is 0. The normalized spacial score (nSPS) is 11.2. The van der Waals surface area contributed by atoms with Crippen LogP contribution in [0.4, 0.5) is 0 Å². The van der Waals surface area contributed by atoms with Crippen LogP contribution < -0.4 is 0 Å². The second-order valence-corrected chi connectivity index (χ2v) is 4.09. The standard InChI is InChI=1S/C6H15NO6.CH4O3S/c8-1-4-11-7(12-5-2-9)13-6-3-10;1-5(2,3)4/h8-10H,1-6H2;1H3,(H,2,3,4). The fourth-order valence-electron chi connectivity index (χ4n) is 0.458. The predicted octanol–water partition coefficient (Wildman–Crippen LogP) is -2.44. The van der Waals surface area contributed by atoms with Crippen molar-refractivity contribution in [1.82, 2.24) is 5.39 Å². The highest BCUT2D eigenvalue weighted by Crippen LogP contribution is 1.93. The van der Waals surface area contributed by atoms with E-state index in [1.54, 1.807) is 0 Å². The van der Waals surface area contributed by atoms with Gasteiger partial charge in [0.25, 0.3) is 10.1 Å². The van der Waals surface area contributed by atoms with Crippen LogP contribution >= 0.6 is 0 Å². The molecule has 10 nitrogen and oxygen atoms in total. The second-order valence-electron chi connectivity index (χ2n) is 2.63. The van der Waals surface area contributed by atoms with Crippen LogP contribution in [0.1, 0.15) is 0 Å². The zero-order chi connectivity index (χ0) is 14.4. The lowest BCUT2D eigenvalue weighted by Crippen LogP contribution is -2.28. The van der Waals surface area contributed by atoms with Crippen molar-refractivity contribution in [3.8, 4) is 0 Å². The third-order valence-electron chi connectivity index (χ3n) is 0.864. The molecule has 0 saturated heterocycles. The van der Waals surface area contributed by atoms with Gasteiger partial charge in [-0.05, 0) is 0 Å². The smallest absolute Gasteiger partial charge is 0.261 e. The van der Waals surface area contributed by atoms with Gasteiger partial charge in [0.05, 0.1) is 51.3 Å². The van der Waals surface area contributed by atoms with E-state index < -0.39 is 10.1 Å². The Hall–Kier alpha value is -0.370. The van der Waals surface area contributed by atoms with Crippen molar-refractivity contribution in [3.63, 3.8) is 0 Å². The molecular formula is C7H19NO9S. The lowest BCUT2D eigenvalue weighted by atomic mass is 10.8. The Bertz CT molecular complexity index is 231. The van der Waals surface area contributed by atoms with Crippen LogP contribution in [-0.2, 0) is 24.6 Å². The van der Waals surface area contributed by atoms with E-state index in [0.717, 1.165) is 0 Å². The van der Waals surface area contributed by atoms with E-state index in [0.29, 0.717) is 11.6 Å². The Balaban J connectivity index is 0. The molecule has 0 aromatic rings. The first-order chi connectivity index (χ1) is 8.35. The van der Waals surface area contributed by atoms with Gasteiger partial charge in [-0.3, -0.25) is 4.55 Å². The topological polar surface area (TPSA) is 146 Å². The number of hydrogen-bond donors (Lipinski definition) is 4. The molecule has 0 aliphatic heterocycles. The molecule has 0 heterocycles. The maximum Gasteiger partial charge on any atom is 0.261 e. The summed E-state index contributed by atoms with van der Waals surface area (Å²) in [5.74, 6) is 0. The zero-order valence-corrected chi connectivity index (χ0v) is 10.7. The summed E-state index contributed by atoms with van der Waals surface area (Å²) in [7, 11) is -3.67. The molecule has 18 heavy (non-hydrogen) atoms. The maximum atomic E-state index is 9.19. The molecular weight excluding hydrogens is 274 g/mol. The molecule has 0 aliphatic rings. The SMILES string of the molecule is CS(=O)(=O)O.OCCON(OCCO)OCCO. The van der Waals surface area contributed by atoms with Gasteiger partial charge in [0.2, 0.25) is 0 Å². The minimum absolute atomic E-state index is 0.0108. The molecule has 0 bridgehead atoms. The highest BCUT2D eigenvalue weighted by Gasteiger charge is 2.05. The van der Waals surface area contributed by atoms with Gasteiger partial charge in [0.1, 0.15) is 0 Å². The molecule has 0 saturated carbocycles. The van der Waals surface area contributed by atoms with Gasteiger partial charge in [-0.15, -0.1) is 0 Å². The van der Waals surface area contributed by atoms with E-state index in [1.807, 2.05) is 0 Å². The fourth-order valence-corrected chi connectivity index (χ4v) is 0.458. The molecule has 0 unspecified atom stereocenters. The van der Waals surface area contributed by atoms with Crippen LogP contribution in [0.3, 0.4) is 0 Å². The predicted molar refractivity (Wildman–Crippen MR) is 58.4 cm³/mol. The first kappa shape index (κ1) is 20.0. The quantitative estimate of drug-likeness (QED) is 0.267. The molecule has 0 amide bonds. The summed E-state index contributed by atoms with van der Waals surface area (Å²) >= 11 is 0. The average molecular weight is 293 g/mol. The molecule has 0 fully saturated rings. The van der Waals surface area contributed by atoms with Crippen LogP contribution in [-0.4, -0.2) is 79.6 Å². The number of nitrogens with zero attached hydrogens (tertiary/aromatic N) is 1. The Labute approximate surface area is 105 Å². The first-order valence-corrected chi connectivity index (χ1v) is 6.63. The van der Waals surface area contributed by atoms with Gasteiger partial charge >= 0.3 is 0 Å². The van der Waals surface area contributed by atoms with Gasteiger partial charge in [-0.1, -0.05) is 0 Å². The first-order valence-electron chi connectivity index (χ1n) is 4.79. The van der Waals surface area contributed by atoms with Gasteiger partial charge in [-0.25, -0.2) is 14.5 Å². The highest BCUT2D eigenvalue weighted by molar-refractivity contribution is 7.85. The molecule has 0 radical (unpaired) electrons. The lowest BCUT2D eigenvalue weighted by Gasteiger charge is -2.17. The Kier molecular flexibility index (Phi) is 14.5. The van der Waals surface area contributed by atoms with E-state index in [2.05, 4.69) is 0 Å². The summed E-state index contributed by atoms with van der Waals surface area (Å²) < 4.78 is 25.9. The summed E-state index contributed by atoms with van der Waals surface area (Å²) in [5.41, 5.74) is 0. The molecule has 112 valence electrons. The average Bonchev–Trinajstić information content (AvgIpc) is 2.26. The minimum atomic E-state index is -3.67. The maximum absolute atomic E-state index is 9.19. The van der Waals surface area contributed by atoms with Gasteiger partial charge in [0, 0.05) is 0 Å². The summed E-state index contributed by atoms with van der Waals surface area (Å²) in [5, 5.41) is 25.9. The summed E-state index contributed by atoms with van der Waals surface area (Å²) in [4.78, 5) is 14.1. The van der Waals surface area contributed by atoms with E-state index in [4.69, 9.17) is 34.4 Å². The monoisotopic (exact) mass is 293 g/mol. The third-order valence-corrected chi connectivity index (χ3v) is 0.864. The third kappa shape index (κ3) is 24.7. The Morgan fingerprint density at radius 2 is 1.11 bits per heavy atom. The minimum Gasteiger partial charge on any atom is -0.394 e. The summed E-state index contributed by atoms with van der Waals surface area (Å²) in [6.45, 7) is -0.505. The molecule has 0 spiro atoms. The molecule has 0 atom stereocenters. The largest absolute Gasteiger partial charge is 0.394 e. The van der Waals surface area contributed by atoms with Gasteiger partial charge in [0.15, 0.2) is 0 Å². The van der Waals surface area contributed by atoms with E-state index in [1.165, 1.54) is 0 Å². The molecule has 4 N–H and O–H groups in total. The van der Waals surface area contributed by atoms with Crippen molar-refractivity contribution < 1.29 is 42.8 Å². The number of aliphatic hydroxyl groups is 3. The van der Waals surface area contributed by atoms with Crippen molar-refractivity contribution in [1.29, 1.82) is 0 Å². The van der Waals surface area contributed by atoms with E-state index >= 15 is 0 Å². The van der Waals surface area contributed by atoms with E-state index in [9.17, 15) is 8.42 Å². The van der Waals surface area contributed by atoms with Crippen molar-refractivity contribution in [2.24, 2.45) is 0 Å². The molecule has 0 aromatic heterocycles. The van der Waals surface area contributed by atoms with Crippen LogP contribution in [0.25, 0.3) is 0 Å². The van der Waals surface area contributed by atoms with Crippen LogP contribution in [0.15, 0.2) is 0 Å². The molecule has 0 aromatic carbocycles. The van der Waals surface area contributed by atoms with Crippen molar-refractivity contribution in [3.05, 3.63) is 0 Å². The van der Waals surface area contributed by atoms with Crippen LogP contribution in [0.5, 0.6) is 0 Å². The number of hydrogen-bond acceptors (Lipinski definition) is 9. The van der Waals surface area contributed by atoms with Crippen LogP contribution in [0, 0.1) is 0 Å². The highest BCUT2D eigenvalue weighted by atomic mass is 32.2. The Morgan fingerprint density at radius 3 is 1.28 bits per heavy atom. The van der Waals surface area contributed by atoms with Crippen molar-refractivity contribution in [2.75, 3.05) is 45.9 Å². The second kappa shape index (κ2) is 13.1. The molecule has 11 heteroatoms. The number of aliphatic hydroxyl groups excluding tert-OH is 3. The number of rotatable bonds is 9. The summed E-state index contributed by atoms with van der Waals surface area (Å²) in [6.07, 6.45) is 0.715. The van der Waals surface area contributed by atoms with Gasteiger partial charge < -0.3 is 15.3 Å². The molecule has 0 rings (SSSR count). The zero-order valence-electron chi connectivity index (χ0n) is 9.93. The Morgan fingerprint density at radius 1 is 0.889 bits per heavy atom. The van der Waals surface area contributed by atoms with Crippen molar-refractivity contribution in [2.45, 2.75) is 0 Å². The van der Waals surface area contributed by atoms with Crippen molar-refractivity contribution >= 4 is 10.1 Å². The van der Waals surface area contributed by atoms with Gasteiger partial charge in [-0.2, -0.15) is 8.42 Å². The lowest BCUT2D eigenvalue weighted by molar-refractivity contribution is -0.527. The molecule has 0 aliphatic carbocycles. The van der Waals surface area contributed by atoms with Crippen LogP contribution in [0.2, 0.25) is 0 Å². The van der Waals surface area contributed by atoms with E-state index in [-0.39, 0.29) is 39.6 Å².